The summed E-state index contributed by atoms with van der Waals surface area (Å²) >= 11 is 6.12. The van der Waals surface area contributed by atoms with Crippen LogP contribution in [-0.4, -0.2) is 35.0 Å². The molecule has 6 nitrogen and oxygen atoms in total. The van der Waals surface area contributed by atoms with E-state index in [2.05, 4.69) is 6.07 Å². The molecular weight excluding hydrogens is 382 g/mol. The van der Waals surface area contributed by atoms with Crippen LogP contribution in [-0.2, 0) is 14.9 Å². The summed E-state index contributed by atoms with van der Waals surface area (Å²) in [6, 6.07) is 8.14. The van der Waals surface area contributed by atoms with Crippen LogP contribution in [0.5, 0.6) is 11.5 Å². The zero-order valence-corrected chi connectivity index (χ0v) is 16.6. The Bertz CT molecular complexity index is 821. The van der Waals surface area contributed by atoms with Crippen molar-refractivity contribution in [1.29, 1.82) is 5.26 Å². The van der Waals surface area contributed by atoms with Gasteiger partial charge in [0.05, 0.1) is 24.7 Å². The lowest BCUT2D eigenvalue weighted by molar-refractivity contribution is -0.140. The Balaban J connectivity index is 1.57. The van der Waals surface area contributed by atoms with Crippen molar-refractivity contribution in [3.05, 3.63) is 23.8 Å². The van der Waals surface area contributed by atoms with E-state index in [4.69, 9.17) is 25.8 Å². The van der Waals surface area contributed by atoms with Crippen molar-refractivity contribution in [2.24, 2.45) is 0 Å². The number of carboxylic acid groups (broad SMARTS) is 1. The minimum absolute atomic E-state index is 0.184. The average Bonchev–Trinajstić information content (AvgIpc) is 3.04. The lowest BCUT2D eigenvalue weighted by Crippen LogP contribution is -2.38. The van der Waals surface area contributed by atoms with Gasteiger partial charge >= 0.3 is 5.97 Å². The van der Waals surface area contributed by atoms with Gasteiger partial charge in [-0.05, 0) is 69.1 Å². The molecule has 1 aromatic rings. The van der Waals surface area contributed by atoms with E-state index < -0.39 is 22.0 Å². The molecule has 7 heteroatoms. The molecule has 0 radical (unpaired) electrons. The quantitative estimate of drug-likeness (QED) is 0.584. The summed E-state index contributed by atoms with van der Waals surface area (Å²) in [6.45, 7) is 0. The Kier molecular flexibility index (Phi) is 4.71. The molecule has 3 aliphatic rings. The van der Waals surface area contributed by atoms with Crippen molar-refractivity contribution >= 4 is 17.6 Å². The molecule has 2 saturated carbocycles. The highest BCUT2D eigenvalue weighted by Crippen LogP contribution is 2.62. The zero-order valence-electron chi connectivity index (χ0n) is 15.9. The van der Waals surface area contributed by atoms with E-state index in [1.54, 1.807) is 7.11 Å². The number of ether oxygens (including phenoxy) is 3. The van der Waals surface area contributed by atoms with Gasteiger partial charge in [0.15, 0.2) is 11.5 Å². The summed E-state index contributed by atoms with van der Waals surface area (Å²) in [6.07, 6.45) is 6.42. The van der Waals surface area contributed by atoms with E-state index >= 15 is 0 Å². The molecule has 0 aromatic heterocycles. The zero-order chi connectivity index (χ0) is 20.0. The van der Waals surface area contributed by atoms with Gasteiger partial charge in [-0.15, -0.1) is 0 Å². The number of carbonyl (C=O) groups is 1. The first kappa shape index (κ1) is 19.4. The Labute approximate surface area is 169 Å². The first-order valence-electron chi connectivity index (χ1n) is 9.77. The van der Waals surface area contributed by atoms with Crippen LogP contribution in [0.15, 0.2) is 18.2 Å². The summed E-state index contributed by atoms with van der Waals surface area (Å²) in [4.78, 5) is 11.4. The van der Waals surface area contributed by atoms with Crippen molar-refractivity contribution < 1.29 is 24.1 Å². The normalized spacial score (nSPS) is 34.8. The van der Waals surface area contributed by atoms with Crippen LogP contribution in [0.25, 0.3) is 0 Å². The lowest BCUT2D eigenvalue weighted by atomic mass is 9.66. The Morgan fingerprint density at radius 3 is 2.46 bits per heavy atom. The molecule has 2 aliphatic carbocycles. The van der Waals surface area contributed by atoms with E-state index in [9.17, 15) is 15.2 Å². The molecule has 150 valence electrons. The number of halogens is 1. The van der Waals surface area contributed by atoms with E-state index in [1.807, 2.05) is 18.2 Å². The van der Waals surface area contributed by atoms with Gasteiger partial charge < -0.3 is 19.3 Å². The van der Waals surface area contributed by atoms with Gasteiger partial charge in [0.25, 0.3) is 5.06 Å². The Morgan fingerprint density at radius 1 is 1.25 bits per heavy atom. The third-order valence-corrected chi connectivity index (χ3v) is 7.18. The molecule has 1 saturated heterocycles. The number of alkyl halides is 1. The smallest absolute Gasteiger partial charge is 0.355 e. The predicted octanol–water partition coefficient (Wildman–Crippen LogP) is 4.14. The second-order valence-electron chi connectivity index (χ2n) is 8.08. The number of hydrogen-bond acceptors (Lipinski definition) is 5. The Morgan fingerprint density at radius 2 is 1.93 bits per heavy atom. The Hall–Kier alpha value is -1.97. The summed E-state index contributed by atoms with van der Waals surface area (Å²) in [5.74, 6) is 0.171. The van der Waals surface area contributed by atoms with Gasteiger partial charge in [-0.2, -0.15) is 5.26 Å². The van der Waals surface area contributed by atoms with Crippen LogP contribution < -0.4 is 9.47 Å². The molecule has 1 aliphatic heterocycles. The van der Waals surface area contributed by atoms with Gasteiger partial charge in [-0.25, -0.2) is 4.79 Å². The third-order valence-electron chi connectivity index (χ3n) is 6.59. The van der Waals surface area contributed by atoms with Gasteiger partial charge in [0.1, 0.15) is 5.60 Å². The van der Waals surface area contributed by atoms with Crippen LogP contribution in [0.4, 0.5) is 0 Å². The number of epoxide rings is 1. The van der Waals surface area contributed by atoms with E-state index in [0.717, 1.165) is 18.4 Å². The van der Waals surface area contributed by atoms with Crippen LogP contribution >= 0.6 is 11.6 Å². The van der Waals surface area contributed by atoms with Crippen molar-refractivity contribution in [2.75, 3.05) is 7.11 Å². The van der Waals surface area contributed by atoms with E-state index in [0.29, 0.717) is 37.2 Å². The first-order valence-corrected chi connectivity index (χ1v) is 10.1. The van der Waals surface area contributed by atoms with Crippen LogP contribution in [0, 0.1) is 11.3 Å². The summed E-state index contributed by atoms with van der Waals surface area (Å²) in [5.41, 5.74) is -0.709. The van der Waals surface area contributed by atoms with Crippen molar-refractivity contribution in [2.45, 2.75) is 73.5 Å². The molecule has 1 unspecified atom stereocenters. The third kappa shape index (κ3) is 2.92. The molecule has 0 bridgehead atoms. The fourth-order valence-corrected chi connectivity index (χ4v) is 5.04. The van der Waals surface area contributed by atoms with Crippen molar-refractivity contribution in [3.8, 4) is 17.6 Å². The molecule has 0 amide bonds. The van der Waals surface area contributed by atoms with Crippen molar-refractivity contribution in [1.82, 2.24) is 0 Å². The van der Waals surface area contributed by atoms with Crippen LogP contribution in [0.3, 0.4) is 0 Å². The van der Waals surface area contributed by atoms with Crippen molar-refractivity contribution in [3.63, 3.8) is 0 Å². The van der Waals surface area contributed by atoms with E-state index in [1.165, 1.54) is 12.8 Å². The van der Waals surface area contributed by atoms with E-state index in [-0.39, 0.29) is 6.10 Å². The number of nitriles is 1. The lowest BCUT2D eigenvalue weighted by Gasteiger charge is -2.35. The van der Waals surface area contributed by atoms with Gasteiger partial charge in [0, 0.05) is 0 Å². The highest BCUT2D eigenvalue weighted by Gasteiger charge is 2.75. The maximum atomic E-state index is 11.4. The maximum absolute atomic E-state index is 11.4. The number of methoxy groups -OCH3 is 1. The molecule has 4 rings (SSSR count). The second-order valence-corrected chi connectivity index (χ2v) is 8.61. The summed E-state index contributed by atoms with van der Waals surface area (Å²) in [5, 5.41) is 17.7. The number of aliphatic carboxylic acids is 1. The molecule has 1 atom stereocenters. The van der Waals surface area contributed by atoms with Gasteiger partial charge in [-0.1, -0.05) is 17.7 Å². The number of rotatable bonds is 5. The monoisotopic (exact) mass is 405 g/mol. The molecular formula is C21H24ClNO5. The summed E-state index contributed by atoms with van der Waals surface area (Å²) < 4.78 is 17.1. The van der Waals surface area contributed by atoms with Crippen LogP contribution in [0.2, 0.25) is 0 Å². The largest absolute Gasteiger partial charge is 0.493 e. The number of nitrogens with zero attached hydrogens (tertiary/aromatic N) is 1. The highest BCUT2D eigenvalue weighted by molar-refractivity contribution is 6.35. The molecule has 3 fully saturated rings. The average molecular weight is 406 g/mol. The van der Waals surface area contributed by atoms with Crippen LogP contribution in [0.1, 0.15) is 56.9 Å². The molecule has 1 spiro atoms. The molecule has 1 N–H and O–H groups in total. The fourth-order valence-electron chi connectivity index (χ4n) is 4.70. The predicted molar refractivity (Wildman–Crippen MR) is 102 cm³/mol. The fraction of sp³-hybridized carbons (Fsp3) is 0.619. The number of hydrogen-bond donors (Lipinski definition) is 1. The van der Waals surface area contributed by atoms with Gasteiger partial charge in [-0.3, -0.25) is 0 Å². The minimum Gasteiger partial charge on any atom is -0.493 e. The summed E-state index contributed by atoms with van der Waals surface area (Å²) in [7, 11) is 1.61. The SMILES string of the molecule is COc1ccc(C2(C#N)CCC3(CC2)OC3(Cl)C(=O)O)cc1OC1CCCC1. The highest BCUT2D eigenvalue weighted by atomic mass is 35.5. The molecule has 1 heterocycles. The van der Waals surface area contributed by atoms with Gasteiger partial charge in [0.2, 0.25) is 0 Å². The number of benzene rings is 1. The molecule has 28 heavy (non-hydrogen) atoms. The standard InChI is InChI=1S/C21H24ClNO5/c1-26-16-7-6-14(12-17(16)27-15-4-2-3-5-15)19(13-23)8-10-20(11-9-19)21(22,28-20)18(24)25/h6-7,12,15H,2-5,8-11H2,1H3,(H,24,25). The second kappa shape index (κ2) is 6.82. The first-order chi connectivity index (χ1) is 13.4. The molecule has 1 aromatic carbocycles. The minimum atomic E-state index is -1.65. The topological polar surface area (TPSA) is 92.1 Å². The maximum Gasteiger partial charge on any atom is 0.355 e. The number of carboxylic acids is 1.